The highest BCUT2D eigenvalue weighted by molar-refractivity contribution is 5.72. The molecule has 0 aromatic rings. The molecule has 0 heterocycles. The molecule has 1 saturated carbocycles. The first-order valence-corrected chi connectivity index (χ1v) is 6.16. The second-order valence-corrected chi connectivity index (χ2v) is 5.48. The van der Waals surface area contributed by atoms with Crippen molar-refractivity contribution in [3.63, 3.8) is 0 Å². The number of allylic oxidation sites excluding steroid dienone is 2. The highest BCUT2D eigenvalue weighted by Gasteiger charge is 2.39. The summed E-state index contributed by atoms with van der Waals surface area (Å²) in [6.07, 6.45) is 7.77. The number of rotatable bonds is 4. The normalized spacial score (nSPS) is 30.5. The van der Waals surface area contributed by atoms with Crippen LogP contribution in [0.5, 0.6) is 0 Å². The Morgan fingerprint density at radius 2 is 2.07 bits per heavy atom. The Morgan fingerprint density at radius 3 is 2.47 bits per heavy atom. The third-order valence-electron chi connectivity index (χ3n) is 4.49. The minimum Gasteiger partial charge on any atom is -0.298 e. The minimum absolute atomic E-state index is 0.443. The van der Waals surface area contributed by atoms with Crippen LogP contribution >= 0.6 is 0 Å². The van der Waals surface area contributed by atoms with Gasteiger partial charge in [-0.25, -0.2) is 0 Å². The molecule has 0 bridgehead atoms. The largest absolute Gasteiger partial charge is 0.298 e. The van der Waals surface area contributed by atoms with Gasteiger partial charge >= 0.3 is 0 Å². The summed E-state index contributed by atoms with van der Waals surface area (Å²) in [5, 5.41) is 0. The van der Waals surface area contributed by atoms with E-state index in [0.29, 0.717) is 5.41 Å². The van der Waals surface area contributed by atoms with Crippen LogP contribution < -0.4 is 0 Å². The van der Waals surface area contributed by atoms with Gasteiger partial charge in [-0.1, -0.05) is 33.8 Å². The summed E-state index contributed by atoms with van der Waals surface area (Å²) in [5.41, 5.74) is 1.41. The Balaban J connectivity index is 2.60. The molecule has 0 spiro atoms. The maximum absolute atomic E-state index is 10.7. The second-order valence-electron chi connectivity index (χ2n) is 5.48. The van der Waals surface area contributed by atoms with Gasteiger partial charge in [-0.15, -0.1) is 0 Å². The molecule has 0 radical (unpaired) electrons. The van der Waals surface area contributed by atoms with Crippen molar-refractivity contribution in [2.75, 3.05) is 0 Å². The van der Waals surface area contributed by atoms with Gasteiger partial charge < -0.3 is 0 Å². The Labute approximate surface area is 93.9 Å². The number of carbonyl (C=O) groups is 1. The molecule has 0 N–H and O–H groups in total. The van der Waals surface area contributed by atoms with E-state index in [0.717, 1.165) is 36.5 Å². The quantitative estimate of drug-likeness (QED) is 0.504. The molecule has 1 heteroatoms. The summed E-state index contributed by atoms with van der Waals surface area (Å²) in [7, 11) is 0. The average molecular weight is 208 g/mol. The molecule has 0 aliphatic heterocycles. The van der Waals surface area contributed by atoms with E-state index >= 15 is 0 Å². The van der Waals surface area contributed by atoms with E-state index in [2.05, 4.69) is 26.8 Å². The fourth-order valence-electron chi connectivity index (χ4n) is 2.59. The van der Waals surface area contributed by atoms with E-state index in [1.807, 2.05) is 6.92 Å². The maximum atomic E-state index is 10.7. The van der Waals surface area contributed by atoms with E-state index in [9.17, 15) is 4.79 Å². The number of carbonyl (C=O) groups excluding carboxylic acids is 1. The van der Waals surface area contributed by atoms with Gasteiger partial charge in [0.05, 0.1) is 0 Å². The van der Waals surface area contributed by atoms with Crippen molar-refractivity contribution < 1.29 is 4.79 Å². The third kappa shape index (κ3) is 2.70. The molecule has 15 heavy (non-hydrogen) atoms. The lowest BCUT2D eigenvalue weighted by Gasteiger charge is -2.30. The van der Waals surface area contributed by atoms with E-state index in [1.54, 1.807) is 0 Å². The van der Waals surface area contributed by atoms with Crippen molar-refractivity contribution in [1.82, 2.24) is 0 Å². The van der Waals surface area contributed by atoms with E-state index in [1.165, 1.54) is 12.8 Å². The summed E-state index contributed by atoms with van der Waals surface area (Å²) in [6.45, 7) is 9.14. The highest BCUT2D eigenvalue weighted by Crippen LogP contribution is 2.48. The van der Waals surface area contributed by atoms with Gasteiger partial charge in [0, 0.05) is 0 Å². The lowest BCUT2D eigenvalue weighted by molar-refractivity contribution is -0.105. The lowest BCUT2D eigenvalue weighted by Crippen LogP contribution is -2.22. The summed E-state index contributed by atoms with van der Waals surface area (Å²) < 4.78 is 0. The molecule has 0 saturated heterocycles. The average Bonchev–Trinajstić information content (AvgIpc) is 2.45. The molecular formula is C14H24O. The second kappa shape index (κ2) is 4.96. The smallest absolute Gasteiger partial charge is 0.145 e. The Kier molecular flexibility index (Phi) is 4.12. The molecule has 1 aliphatic carbocycles. The molecule has 0 amide bonds. The number of hydrogen-bond acceptors (Lipinski definition) is 1. The van der Waals surface area contributed by atoms with Gasteiger partial charge in [-0.3, -0.25) is 4.79 Å². The summed E-state index contributed by atoms with van der Waals surface area (Å²) >= 11 is 0. The van der Waals surface area contributed by atoms with Crippen LogP contribution in [0.2, 0.25) is 0 Å². The van der Waals surface area contributed by atoms with Gasteiger partial charge in [-0.05, 0) is 48.5 Å². The maximum Gasteiger partial charge on any atom is 0.145 e. The van der Waals surface area contributed by atoms with Gasteiger partial charge in [0.15, 0.2) is 0 Å². The molecule has 86 valence electrons. The fourth-order valence-corrected chi connectivity index (χ4v) is 2.59. The fraction of sp³-hybridized carbons (Fsp3) is 0.786. The predicted molar refractivity (Wildman–Crippen MR) is 64.7 cm³/mol. The zero-order valence-electron chi connectivity index (χ0n) is 10.5. The SMILES string of the molecule is CC/C(C=O)=C\C[C@H]1CCC(C)C1(C)C. The van der Waals surface area contributed by atoms with Crippen molar-refractivity contribution in [3.8, 4) is 0 Å². The zero-order chi connectivity index (χ0) is 11.5. The number of hydrogen-bond donors (Lipinski definition) is 0. The van der Waals surface area contributed by atoms with Crippen molar-refractivity contribution in [2.45, 2.75) is 53.4 Å². The summed E-state index contributed by atoms with van der Waals surface area (Å²) in [6, 6.07) is 0. The van der Waals surface area contributed by atoms with Crippen LogP contribution in [0.3, 0.4) is 0 Å². The number of aldehydes is 1. The van der Waals surface area contributed by atoms with Gasteiger partial charge in [0.25, 0.3) is 0 Å². The van der Waals surface area contributed by atoms with Crippen LogP contribution in [0.15, 0.2) is 11.6 Å². The molecule has 1 unspecified atom stereocenters. The molecule has 1 rings (SSSR count). The Hall–Kier alpha value is -0.590. The van der Waals surface area contributed by atoms with Crippen molar-refractivity contribution >= 4 is 6.29 Å². The zero-order valence-corrected chi connectivity index (χ0v) is 10.5. The molecule has 1 nitrogen and oxygen atoms in total. The van der Waals surface area contributed by atoms with Crippen LogP contribution in [0, 0.1) is 17.3 Å². The first-order chi connectivity index (χ1) is 7.02. The van der Waals surface area contributed by atoms with Crippen LogP contribution in [-0.4, -0.2) is 6.29 Å². The molecule has 2 atom stereocenters. The van der Waals surface area contributed by atoms with Crippen LogP contribution in [0.4, 0.5) is 0 Å². The van der Waals surface area contributed by atoms with Crippen LogP contribution in [-0.2, 0) is 4.79 Å². The van der Waals surface area contributed by atoms with Gasteiger partial charge in [-0.2, -0.15) is 0 Å². The molecule has 0 aromatic carbocycles. The molecule has 1 aliphatic rings. The third-order valence-corrected chi connectivity index (χ3v) is 4.49. The Bertz CT molecular complexity index is 250. The molecule has 1 fully saturated rings. The summed E-state index contributed by atoms with van der Waals surface area (Å²) in [5.74, 6) is 1.58. The predicted octanol–water partition coefficient (Wildman–Crippen LogP) is 3.98. The summed E-state index contributed by atoms with van der Waals surface area (Å²) in [4.78, 5) is 10.7. The van der Waals surface area contributed by atoms with E-state index in [4.69, 9.17) is 0 Å². The topological polar surface area (TPSA) is 17.1 Å². The molecule has 0 aromatic heterocycles. The standard InChI is InChI=1S/C14H24O/c1-5-12(10-15)7-9-13-8-6-11(2)14(13,3)4/h7,10-11,13H,5-6,8-9H2,1-4H3/b12-7+/t11?,13-/m1/s1. The van der Waals surface area contributed by atoms with Crippen molar-refractivity contribution in [2.24, 2.45) is 17.3 Å². The lowest BCUT2D eigenvalue weighted by atomic mass is 9.75. The van der Waals surface area contributed by atoms with E-state index < -0.39 is 0 Å². The van der Waals surface area contributed by atoms with Gasteiger partial charge in [0.1, 0.15) is 6.29 Å². The Morgan fingerprint density at radius 1 is 1.40 bits per heavy atom. The van der Waals surface area contributed by atoms with Crippen LogP contribution in [0.1, 0.15) is 53.4 Å². The van der Waals surface area contributed by atoms with Gasteiger partial charge in [0.2, 0.25) is 0 Å². The highest BCUT2D eigenvalue weighted by atomic mass is 16.1. The van der Waals surface area contributed by atoms with Crippen molar-refractivity contribution in [3.05, 3.63) is 11.6 Å². The van der Waals surface area contributed by atoms with E-state index in [-0.39, 0.29) is 0 Å². The molecular weight excluding hydrogens is 184 g/mol. The first-order valence-electron chi connectivity index (χ1n) is 6.16. The van der Waals surface area contributed by atoms with Crippen molar-refractivity contribution in [1.29, 1.82) is 0 Å². The van der Waals surface area contributed by atoms with Crippen LogP contribution in [0.25, 0.3) is 0 Å². The minimum atomic E-state index is 0.443. The monoisotopic (exact) mass is 208 g/mol. The first kappa shape index (κ1) is 12.5.